The molecule has 3 heteroatoms. The highest BCUT2D eigenvalue weighted by Crippen LogP contribution is 2.37. The number of nitrogens with one attached hydrogen (secondary N) is 1. The van der Waals surface area contributed by atoms with E-state index in [2.05, 4.69) is 29.6 Å². The number of ether oxygens (including phenoxy) is 1. The van der Waals surface area contributed by atoms with Crippen molar-refractivity contribution in [3.05, 3.63) is 35.4 Å². The quantitative estimate of drug-likeness (QED) is 0.791. The molecule has 1 aliphatic heterocycles. The Kier molecular flexibility index (Phi) is 2.67. The van der Waals surface area contributed by atoms with E-state index in [1.165, 1.54) is 11.1 Å². The van der Waals surface area contributed by atoms with Gasteiger partial charge in [-0.1, -0.05) is 24.3 Å². The summed E-state index contributed by atoms with van der Waals surface area (Å²) in [7, 11) is 0. The average Bonchev–Trinajstić information content (AvgIpc) is 2.90. The van der Waals surface area contributed by atoms with Crippen LogP contribution in [0.4, 0.5) is 0 Å². The minimum Gasteiger partial charge on any atom is -0.380 e. The summed E-state index contributed by atoms with van der Waals surface area (Å²) in [5.74, 6) is 0. The van der Waals surface area contributed by atoms with Crippen molar-refractivity contribution >= 4 is 0 Å². The molecule has 0 spiro atoms. The van der Waals surface area contributed by atoms with Gasteiger partial charge < -0.3 is 15.8 Å². The highest BCUT2D eigenvalue weighted by Gasteiger charge is 2.30. The number of nitrogens with two attached hydrogens (primary N) is 1. The summed E-state index contributed by atoms with van der Waals surface area (Å²) >= 11 is 0. The number of benzene rings is 1. The molecule has 1 aromatic rings. The molecule has 1 fully saturated rings. The molecule has 1 aliphatic carbocycles. The lowest BCUT2D eigenvalue weighted by Gasteiger charge is -2.18. The Morgan fingerprint density at radius 1 is 1.25 bits per heavy atom. The van der Waals surface area contributed by atoms with E-state index in [1.54, 1.807) is 0 Å². The van der Waals surface area contributed by atoms with Crippen molar-refractivity contribution in [2.45, 2.75) is 31.0 Å². The van der Waals surface area contributed by atoms with E-state index < -0.39 is 0 Å². The van der Waals surface area contributed by atoms with Crippen molar-refractivity contribution in [3.63, 3.8) is 0 Å². The van der Waals surface area contributed by atoms with Crippen LogP contribution >= 0.6 is 0 Å². The topological polar surface area (TPSA) is 47.3 Å². The molecule has 0 bridgehead atoms. The highest BCUT2D eigenvalue weighted by molar-refractivity contribution is 5.37. The van der Waals surface area contributed by atoms with E-state index in [0.717, 1.165) is 26.1 Å². The smallest absolute Gasteiger partial charge is 0.0620 e. The number of fused-ring (bicyclic) bond motifs is 1. The summed E-state index contributed by atoms with van der Waals surface area (Å²) in [6, 6.07) is 9.61. The summed E-state index contributed by atoms with van der Waals surface area (Å²) in [4.78, 5) is 0. The third-order valence-electron chi connectivity index (χ3n) is 3.63. The Labute approximate surface area is 96.0 Å². The van der Waals surface area contributed by atoms with Crippen molar-refractivity contribution in [2.75, 3.05) is 13.2 Å². The van der Waals surface area contributed by atoms with Crippen LogP contribution in [0.25, 0.3) is 0 Å². The first-order chi connectivity index (χ1) is 7.84. The molecule has 2 aliphatic rings. The maximum absolute atomic E-state index is 6.14. The maximum Gasteiger partial charge on any atom is 0.0620 e. The molecule has 0 radical (unpaired) electrons. The van der Waals surface area contributed by atoms with Crippen molar-refractivity contribution in [2.24, 2.45) is 5.73 Å². The SMILES string of the molecule is NC1CC(NC2CCOC2)c2ccccc21. The van der Waals surface area contributed by atoms with E-state index in [4.69, 9.17) is 10.5 Å². The minimum atomic E-state index is 0.191. The van der Waals surface area contributed by atoms with Gasteiger partial charge in [0.2, 0.25) is 0 Å². The van der Waals surface area contributed by atoms with E-state index in [9.17, 15) is 0 Å². The van der Waals surface area contributed by atoms with Gasteiger partial charge in [0.1, 0.15) is 0 Å². The Morgan fingerprint density at radius 2 is 2.06 bits per heavy atom. The molecule has 0 aromatic heterocycles. The fourth-order valence-electron chi connectivity index (χ4n) is 2.78. The van der Waals surface area contributed by atoms with Gasteiger partial charge in [0.15, 0.2) is 0 Å². The Balaban J connectivity index is 1.77. The van der Waals surface area contributed by atoms with E-state index >= 15 is 0 Å². The molecule has 0 amide bonds. The van der Waals surface area contributed by atoms with Crippen molar-refractivity contribution in [1.82, 2.24) is 5.32 Å². The lowest BCUT2D eigenvalue weighted by Crippen LogP contribution is -2.32. The van der Waals surface area contributed by atoms with Crippen LogP contribution in [0.1, 0.15) is 36.1 Å². The zero-order valence-corrected chi connectivity index (χ0v) is 9.36. The van der Waals surface area contributed by atoms with Gasteiger partial charge in [-0.25, -0.2) is 0 Å². The summed E-state index contributed by atoms with van der Waals surface area (Å²) in [5.41, 5.74) is 8.82. The Morgan fingerprint density at radius 3 is 2.81 bits per heavy atom. The van der Waals surface area contributed by atoms with Gasteiger partial charge in [0, 0.05) is 24.7 Å². The van der Waals surface area contributed by atoms with Crippen LogP contribution in [0.15, 0.2) is 24.3 Å². The summed E-state index contributed by atoms with van der Waals surface area (Å²) < 4.78 is 5.39. The molecule has 86 valence electrons. The molecule has 3 atom stereocenters. The van der Waals surface area contributed by atoms with Crippen molar-refractivity contribution in [3.8, 4) is 0 Å². The van der Waals surface area contributed by atoms with Crippen LogP contribution in [-0.2, 0) is 4.74 Å². The Hall–Kier alpha value is -0.900. The predicted molar refractivity (Wildman–Crippen MR) is 63.1 cm³/mol. The molecular weight excluding hydrogens is 200 g/mol. The first-order valence-corrected chi connectivity index (χ1v) is 6.03. The molecule has 3 unspecified atom stereocenters. The van der Waals surface area contributed by atoms with Gasteiger partial charge in [-0.05, 0) is 24.0 Å². The lowest BCUT2D eigenvalue weighted by molar-refractivity contribution is 0.187. The third-order valence-corrected chi connectivity index (χ3v) is 3.63. The largest absolute Gasteiger partial charge is 0.380 e. The van der Waals surface area contributed by atoms with Crippen molar-refractivity contribution in [1.29, 1.82) is 0 Å². The highest BCUT2D eigenvalue weighted by atomic mass is 16.5. The van der Waals surface area contributed by atoms with Crippen LogP contribution in [0, 0.1) is 0 Å². The van der Waals surface area contributed by atoms with E-state index in [1.807, 2.05) is 0 Å². The van der Waals surface area contributed by atoms with E-state index in [-0.39, 0.29) is 6.04 Å². The molecule has 1 heterocycles. The van der Waals surface area contributed by atoms with Crippen LogP contribution in [-0.4, -0.2) is 19.3 Å². The van der Waals surface area contributed by atoms with Crippen molar-refractivity contribution < 1.29 is 4.74 Å². The standard InChI is InChI=1S/C13H18N2O/c14-12-7-13(15-9-5-6-16-8-9)11-4-2-1-3-10(11)12/h1-4,9,12-13,15H,5-8,14H2. The fourth-order valence-corrected chi connectivity index (χ4v) is 2.78. The van der Waals surface area contributed by atoms with Crippen LogP contribution in [0.3, 0.4) is 0 Å². The zero-order valence-electron chi connectivity index (χ0n) is 9.36. The van der Waals surface area contributed by atoms with Gasteiger partial charge in [-0.15, -0.1) is 0 Å². The van der Waals surface area contributed by atoms with Gasteiger partial charge in [0.05, 0.1) is 6.61 Å². The second-order valence-electron chi connectivity index (χ2n) is 4.75. The number of hydrogen-bond acceptors (Lipinski definition) is 3. The maximum atomic E-state index is 6.14. The monoisotopic (exact) mass is 218 g/mol. The summed E-state index contributed by atoms with van der Waals surface area (Å²) in [6.07, 6.45) is 2.13. The van der Waals surface area contributed by atoms with Crippen LogP contribution < -0.4 is 11.1 Å². The second-order valence-corrected chi connectivity index (χ2v) is 4.75. The Bertz CT molecular complexity index is 374. The average molecular weight is 218 g/mol. The fraction of sp³-hybridized carbons (Fsp3) is 0.538. The normalized spacial score (nSPS) is 32.9. The first kappa shape index (κ1) is 10.3. The lowest BCUT2D eigenvalue weighted by atomic mass is 10.1. The molecule has 3 nitrogen and oxygen atoms in total. The third kappa shape index (κ3) is 1.75. The van der Waals surface area contributed by atoms with Gasteiger partial charge in [0.25, 0.3) is 0 Å². The predicted octanol–water partition coefficient (Wildman–Crippen LogP) is 1.51. The second kappa shape index (κ2) is 4.17. The number of rotatable bonds is 2. The van der Waals surface area contributed by atoms with E-state index in [0.29, 0.717) is 12.1 Å². The van der Waals surface area contributed by atoms with Gasteiger partial charge >= 0.3 is 0 Å². The molecule has 1 aromatic carbocycles. The van der Waals surface area contributed by atoms with Gasteiger partial charge in [-0.3, -0.25) is 0 Å². The molecule has 3 rings (SSSR count). The molecule has 3 N–H and O–H groups in total. The zero-order chi connectivity index (χ0) is 11.0. The van der Waals surface area contributed by atoms with Crippen LogP contribution in [0.2, 0.25) is 0 Å². The summed E-state index contributed by atoms with van der Waals surface area (Å²) in [6.45, 7) is 1.73. The summed E-state index contributed by atoms with van der Waals surface area (Å²) in [5, 5.41) is 3.66. The first-order valence-electron chi connectivity index (χ1n) is 6.03. The molecule has 16 heavy (non-hydrogen) atoms. The number of hydrogen-bond donors (Lipinski definition) is 2. The van der Waals surface area contributed by atoms with Gasteiger partial charge in [-0.2, -0.15) is 0 Å². The van der Waals surface area contributed by atoms with Crippen LogP contribution in [0.5, 0.6) is 0 Å². The molecule has 1 saturated heterocycles. The molecule has 0 saturated carbocycles. The molecular formula is C13H18N2O. The minimum absolute atomic E-state index is 0.191.